The Kier molecular flexibility index (Phi) is 2.95. The van der Waals surface area contributed by atoms with Crippen LogP contribution in [0.5, 0.6) is 0 Å². The van der Waals surface area contributed by atoms with Crippen molar-refractivity contribution < 1.29 is 4.79 Å². The first kappa shape index (κ1) is 11.4. The Hall–Kier alpha value is -2.10. The zero-order valence-electron chi connectivity index (χ0n) is 10.2. The number of amides is 1. The summed E-state index contributed by atoms with van der Waals surface area (Å²) in [5, 5.41) is 9.55. The second-order valence-electron chi connectivity index (χ2n) is 4.16. The number of nitrogens with one attached hydrogen (secondary N) is 2. The first-order valence-electron chi connectivity index (χ1n) is 5.47. The average Bonchev–Trinajstić information content (AvgIpc) is 2.63. The molecule has 2 N–H and O–H groups in total. The van der Waals surface area contributed by atoms with Crippen molar-refractivity contribution in [3.63, 3.8) is 0 Å². The summed E-state index contributed by atoms with van der Waals surface area (Å²) >= 11 is 0. The SMILES string of the molecule is Cc1cc(NC(=O)c2c(C)cccc2C)n[nH]1. The lowest BCUT2D eigenvalue weighted by molar-refractivity contribution is 0.102. The van der Waals surface area contributed by atoms with E-state index in [9.17, 15) is 4.79 Å². The van der Waals surface area contributed by atoms with Gasteiger partial charge in [0.25, 0.3) is 5.91 Å². The van der Waals surface area contributed by atoms with Crippen LogP contribution in [0, 0.1) is 20.8 Å². The maximum atomic E-state index is 12.1. The minimum atomic E-state index is -0.118. The van der Waals surface area contributed by atoms with Gasteiger partial charge in [0.15, 0.2) is 5.82 Å². The Bertz CT molecular complexity index is 537. The van der Waals surface area contributed by atoms with E-state index in [1.165, 1.54) is 0 Å². The molecule has 2 aromatic rings. The van der Waals surface area contributed by atoms with Crippen LogP contribution in [0.1, 0.15) is 27.2 Å². The molecule has 17 heavy (non-hydrogen) atoms. The second-order valence-corrected chi connectivity index (χ2v) is 4.16. The van der Waals surface area contributed by atoms with Crippen molar-refractivity contribution in [2.45, 2.75) is 20.8 Å². The van der Waals surface area contributed by atoms with E-state index in [4.69, 9.17) is 0 Å². The third kappa shape index (κ3) is 2.36. The molecule has 0 unspecified atom stereocenters. The van der Waals surface area contributed by atoms with Gasteiger partial charge in [0.2, 0.25) is 0 Å². The molecule has 0 saturated carbocycles. The van der Waals surface area contributed by atoms with Gasteiger partial charge in [-0.3, -0.25) is 9.89 Å². The van der Waals surface area contributed by atoms with Crippen LogP contribution in [0.2, 0.25) is 0 Å². The molecule has 1 amide bonds. The van der Waals surface area contributed by atoms with Gasteiger partial charge in [-0.15, -0.1) is 0 Å². The maximum absolute atomic E-state index is 12.1. The normalized spacial score (nSPS) is 10.3. The fourth-order valence-electron chi connectivity index (χ4n) is 1.83. The lowest BCUT2D eigenvalue weighted by Crippen LogP contribution is -2.15. The van der Waals surface area contributed by atoms with E-state index >= 15 is 0 Å². The minimum absolute atomic E-state index is 0.118. The summed E-state index contributed by atoms with van der Waals surface area (Å²) in [5.41, 5.74) is 3.57. The lowest BCUT2D eigenvalue weighted by atomic mass is 10.0. The summed E-state index contributed by atoms with van der Waals surface area (Å²) in [4.78, 5) is 12.1. The van der Waals surface area contributed by atoms with Crippen LogP contribution < -0.4 is 5.32 Å². The molecule has 0 fully saturated rings. The van der Waals surface area contributed by atoms with Crippen LogP contribution in [0.4, 0.5) is 5.82 Å². The lowest BCUT2D eigenvalue weighted by Gasteiger charge is -2.08. The molecule has 0 saturated heterocycles. The van der Waals surface area contributed by atoms with Crippen LogP contribution in [0.3, 0.4) is 0 Å². The predicted molar refractivity (Wildman–Crippen MR) is 67.2 cm³/mol. The zero-order valence-corrected chi connectivity index (χ0v) is 10.2. The van der Waals surface area contributed by atoms with E-state index < -0.39 is 0 Å². The molecule has 1 heterocycles. The Labute approximate surface area is 100 Å². The highest BCUT2D eigenvalue weighted by Gasteiger charge is 2.12. The van der Waals surface area contributed by atoms with Gasteiger partial charge in [0.1, 0.15) is 0 Å². The van der Waals surface area contributed by atoms with Crippen LogP contribution >= 0.6 is 0 Å². The molecule has 0 bridgehead atoms. The van der Waals surface area contributed by atoms with Gasteiger partial charge in [0, 0.05) is 17.3 Å². The summed E-state index contributed by atoms with van der Waals surface area (Å²) < 4.78 is 0. The number of hydrogen-bond acceptors (Lipinski definition) is 2. The van der Waals surface area contributed by atoms with E-state index in [0.29, 0.717) is 11.4 Å². The first-order chi connectivity index (χ1) is 8.08. The number of carbonyl (C=O) groups is 1. The fourth-order valence-corrected chi connectivity index (χ4v) is 1.83. The number of aryl methyl sites for hydroxylation is 3. The Balaban J connectivity index is 2.26. The number of carbonyl (C=O) groups excluding carboxylic acids is 1. The van der Waals surface area contributed by atoms with Gasteiger partial charge in [-0.25, -0.2) is 0 Å². The molecule has 0 radical (unpaired) electrons. The molecule has 0 aliphatic heterocycles. The van der Waals surface area contributed by atoms with Gasteiger partial charge in [-0.1, -0.05) is 18.2 Å². The molecule has 0 aliphatic rings. The van der Waals surface area contributed by atoms with Crippen molar-refractivity contribution in [3.05, 3.63) is 46.6 Å². The van der Waals surface area contributed by atoms with Crippen LogP contribution in [0.25, 0.3) is 0 Å². The highest BCUT2D eigenvalue weighted by molar-refractivity contribution is 6.05. The van der Waals surface area contributed by atoms with Crippen molar-refractivity contribution in [1.29, 1.82) is 0 Å². The van der Waals surface area contributed by atoms with Gasteiger partial charge >= 0.3 is 0 Å². The van der Waals surface area contributed by atoms with Crippen LogP contribution in [-0.4, -0.2) is 16.1 Å². The number of hydrogen-bond donors (Lipinski definition) is 2. The number of benzene rings is 1. The molecule has 1 aromatic heterocycles. The first-order valence-corrected chi connectivity index (χ1v) is 5.47. The molecule has 0 aliphatic carbocycles. The highest BCUT2D eigenvalue weighted by Crippen LogP contribution is 2.15. The van der Waals surface area contributed by atoms with Crippen molar-refractivity contribution in [1.82, 2.24) is 10.2 Å². The Morgan fingerprint density at radius 3 is 2.41 bits per heavy atom. The fraction of sp³-hybridized carbons (Fsp3) is 0.231. The van der Waals surface area contributed by atoms with Crippen LogP contribution in [0.15, 0.2) is 24.3 Å². The highest BCUT2D eigenvalue weighted by atomic mass is 16.1. The van der Waals surface area contributed by atoms with Crippen molar-refractivity contribution in [2.24, 2.45) is 0 Å². The number of anilines is 1. The van der Waals surface area contributed by atoms with Gasteiger partial charge in [-0.2, -0.15) is 5.10 Å². The Morgan fingerprint density at radius 1 is 1.24 bits per heavy atom. The Morgan fingerprint density at radius 2 is 1.88 bits per heavy atom. The molecule has 0 spiro atoms. The molecular weight excluding hydrogens is 214 g/mol. The number of aromatic amines is 1. The third-order valence-corrected chi connectivity index (χ3v) is 2.66. The van der Waals surface area contributed by atoms with E-state index in [0.717, 1.165) is 16.8 Å². The molecule has 1 aromatic carbocycles. The van der Waals surface area contributed by atoms with Gasteiger partial charge < -0.3 is 5.32 Å². The second kappa shape index (κ2) is 4.41. The average molecular weight is 229 g/mol. The number of aromatic nitrogens is 2. The van der Waals surface area contributed by atoms with Crippen molar-refractivity contribution >= 4 is 11.7 Å². The number of nitrogens with zero attached hydrogens (tertiary/aromatic N) is 1. The third-order valence-electron chi connectivity index (χ3n) is 2.66. The summed E-state index contributed by atoms with van der Waals surface area (Å²) in [5.74, 6) is 0.433. The summed E-state index contributed by atoms with van der Waals surface area (Å²) in [7, 11) is 0. The predicted octanol–water partition coefficient (Wildman–Crippen LogP) is 2.59. The zero-order chi connectivity index (χ0) is 12.4. The van der Waals surface area contributed by atoms with Gasteiger partial charge in [-0.05, 0) is 31.9 Å². The van der Waals surface area contributed by atoms with E-state index in [2.05, 4.69) is 15.5 Å². The summed E-state index contributed by atoms with van der Waals surface area (Å²) in [6, 6.07) is 7.60. The van der Waals surface area contributed by atoms with E-state index in [1.54, 1.807) is 6.07 Å². The van der Waals surface area contributed by atoms with Crippen LogP contribution in [-0.2, 0) is 0 Å². The minimum Gasteiger partial charge on any atom is -0.305 e. The smallest absolute Gasteiger partial charge is 0.257 e. The molecule has 4 nitrogen and oxygen atoms in total. The molecule has 88 valence electrons. The monoisotopic (exact) mass is 229 g/mol. The van der Waals surface area contributed by atoms with Crippen molar-refractivity contribution in [3.8, 4) is 0 Å². The number of H-pyrrole nitrogens is 1. The van der Waals surface area contributed by atoms with E-state index in [-0.39, 0.29) is 5.91 Å². The molecule has 0 atom stereocenters. The van der Waals surface area contributed by atoms with E-state index in [1.807, 2.05) is 39.0 Å². The molecule has 4 heteroatoms. The number of rotatable bonds is 2. The van der Waals surface area contributed by atoms with Crippen molar-refractivity contribution in [2.75, 3.05) is 5.32 Å². The molecule has 2 rings (SSSR count). The standard InChI is InChI=1S/C13H15N3O/c1-8-5-4-6-9(2)12(8)13(17)14-11-7-10(3)15-16-11/h4-7H,1-3H3,(H2,14,15,16,17). The quantitative estimate of drug-likeness (QED) is 0.831. The maximum Gasteiger partial charge on any atom is 0.257 e. The molecular formula is C13H15N3O. The topological polar surface area (TPSA) is 57.8 Å². The summed E-state index contributed by atoms with van der Waals surface area (Å²) in [6.07, 6.45) is 0. The largest absolute Gasteiger partial charge is 0.305 e. The summed E-state index contributed by atoms with van der Waals surface area (Å²) in [6.45, 7) is 5.75. The van der Waals surface area contributed by atoms with Gasteiger partial charge in [0.05, 0.1) is 0 Å².